The van der Waals surface area contributed by atoms with Crippen LogP contribution in [0.25, 0.3) is 6.08 Å². The highest BCUT2D eigenvalue weighted by atomic mass is 35.5. The summed E-state index contributed by atoms with van der Waals surface area (Å²) in [6, 6.07) is 13.2. The Morgan fingerprint density at radius 2 is 1.73 bits per heavy atom. The van der Waals surface area contributed by atoms with Crippen LogP contribution in [0, 0.1) is 0 Å². The molecular formula is C19H17ClO2. The molecule has 0 atom stereocenters. The number of carbonyl (C=O) groups excluding carboxylic acids is 1. The second-order valence-corrected chi connectivity index (χ2v) is 6.89. The van der Waals surface area contributed by atoms with Crippen LogP contribution in [0.3, 0.4) is 0 Å². The van der Waals surface area contributed by atoms with Crippen LogP contribution in [0.15, 0.2) is 48.2 Å². The summed E-state index contributed by atoms with van der Waals surface area (Å²) >= 11 is 5.93. The first-order valence-corrected chi connectivity index (χ1v) is 7.57. The van der Waals surface area contributed by atoms with Gasteiger partial charge in [-0.15, -0.1) is 0 Å². The summed E-state index contributed by atoms with van der Waals surface area (Å²) in [7, 11) is 0. The maximum atomic E-state index is 12.3. The van der Waals surface area contributed by atoms with Crippen molar-refractivity contribution in [3.05, 3.63) is 69.9 Å². The van der Waals surface area contributed by atoms with E-state index in [2.05, 4.69) is 32.9 Å². The van der Waals surface area contributed by atoms with Gasteiger partial charge >= 0.3 is 0 Å². The number of allylic oxidation sites excluding steroid dienone is 1. The lowest BCUT2D eigenvalue weighted by molar-refractivity contribution is 0.101. The van der Waals surface area contributed by atoms with Crippen LogP contribution in [0.1, 0.15) is 42.3 Å². The van der Waals surface area contributed by atoms with Gasteiger partial charge in [0.15, 0.2) is 5.76 Å². The zero-order valence-corrected chi connectivity index (χ0v) is 13.6. The Bertz CT molecular complexity index is 765. The maximum absolute atomic E-state index is 12.3. The molecule has 3 rings (SSSR count). The van der Waals surface area contributed by atoms with Crippen LogP contribution in [0.2, 0.25) is 5.02 Å². The zero-order chi connectivity index (χ0) is 15.9. The van der Waals surface area contributed by atoms with Crippen molar-refractivity contribution in [2.75, 3.05) is 0 Å². The lowest BCUT2D eigenvalue weighted by Crippen LogP contribution is -2.10. The van der Waals surface area contributed by atoms with Crippen LogP contribution in [0.4, 0.5) is 0 Å². The van der Waals surface area contributed by atoms with Gasteiger partial charge in [-0.1, -0.05) is 56.6 Å². The normalized spacial score (nSPS) is 15.8. The van der Waals surface area contributed by atoms with Gasteiger partial charge in [0.25, 0.3) is 0 Å². The van der Waals surface area contributed by atoms with Gasteiger partial charge in [0, 0.05) is 5.02 Å². The minimum Gasteiger partial charge on any atom is -0.452 e. The minimum absolute atomic E-state index is 0.109. The molecule has 0 saturated heterocycles. The second kappa shape index (κ2) is 5.29. The van der Waals surface area contributed by atoms with Crippen molar-refractivity contribution in [1.82, 2.24) is 0 Å². The van der Waals surface area contributed by atoms with E-state index in [0.717, 1.165) is 5.56 Å². The molecule has 2 aromatic carbocycles. The Morgan fingerprint density at radius 3 is 2.36 bits per heavy atom. The van der Waals surface area contributed by atoms with Gasteiger partial charge in [-0.3, -0.25) is 4.79 Å². The molecule has 0 bridgehead atoms. The molecule has 0 radical (unpaired) electrons. The molecular weight excluding hydrogens is 296 g/mol. The summed E-state index contributed by atoms with van der Waals surface area (Å²) in [6.07, 6.45) is 1.77. The van der Waals surface area contributed by atoms with Gasteiger partial charge in [-0.2, -0.15) is 0 Å². The second-order valence-electron chi connectivity index (χ2n) is 6.45. The van der Waals surface area contributed by atoms with Crippen LogP contribution in [-0.4, -0.2) is 5.78 Å². The fourth-order valence-electron chi connectivity index (χ4n) is 2.39. The Balaban J connectivity index is 1.90. The number of hydrogen-bond acceptors (Lipinski definition) is 2. The van der Waals surface area contributed by atoms with E-state index >= 15 is 0 Å². The summed E-state index contributed by atoms with van der Waals surface area (Å²) < 4.78 is 5.63. The number of fused-ring (bicyclic) bond motifs is 1. The highest BCUT2D eigenvalue weighted by Crippen LogP contribution is 2.33. The Morgan fingerprint density at radius 1 is 1.05 bits per heavy atom. The monoisotopic (exact) mass is 312 g/mol. The quantitative estimate of drug-likeness (QED) is 0.672. The van der Waals surface area contributed by atoms with E-state index in [0.29, 0.717) is 22.1 Å². The maximum Gasteiger partial charge on any atom is 0.232 e. The zero-order valence-electron chi connectivity index (χ0n) is 12.8. The van der Waals surface area contributed by atoms with Crippen molar-refractivity contribution < 1.29 is 9.53 Å². The molecule has 0 aromatic heterocycles. The van der Waals surface area contributed by atoms with Crippen molar-refractivity contribution in [3.8, 4) is 5.75 Å². The molecule has 0 unspecified atom stereocenters. The predicted molar refractivity (Wildman–Crippen MR) is 89.5 cm³/mol. The number of halogens is 1. The number of benzene rings is 2. The third-order valence-corrected chi connectivity index (χ3v) is 3.94. The van der Waals surface area contributed by atoms with E-state index in [4.69, 9.17) is 16.3 Å². The summed E-state index contributed by atoms with van der Waals surface area (Å²) in [4.78, 5) is 12.3. The van der Waals surface area contributed by atoms with Crippen LogP contribution >= 0.6 is 11.6 Å². The molecule has 22 heavy (non-hydrogen) atoms. The number of ether oxygens (including phenoxy) is 1. The van der Waals surface area contributed by atoms with E-state index in [-0.39, 0.29) is 11.2 Å². The fraction of sp³-hybridized carbons (Fsp3) is 0.211. The van der Waals surface area contributed by atoms with Crippen molar-refractivity contribution in [3.63, 3.8) is 0 Å². The molecule has 1 heterocycles. The average Bonchev–Trinajstić information content (AvgIpc) is 2.75. The van der Waals surface area contributed by atoms with Gasteiger partial charge in [0.2, 0.25) is 5.78 Å². The molecule has 112 valence electrons. The number of rotatable bonds is 1. The lowest BCUT2D eigenvalue weighted by Gasteiger charge is -2.18. The van der Waals surface area contributed by atoms with E-state index in [1.807, 2.05) is 12.1 Å². The van der Waals surface area contributed by atoms with E-state index < -0.39 is 0 Å². The molecule has 0 fully saturated rings. The van der Waals surface area contributed by atoms with Crippen LogP contribution in [0.5, 0.6) is 5.75 Å². The van der Waals surface area contributed by atoms with Crippen molar-refractivity contribution >= 4 is 23.5 Å². The molecule has 3 heteroatoms. The lowest BCUT2D eigenvalue weighted by atomic mass is 9.86. The molecule has 0 saturated carbocycles. The van der Waals surface area contributed by atoms with Gasteiger partial charge < -0.3 is 4.74 Å². The average molecular weight is 313 g/mol. The summed E-state index contributed by atoms with van der Waals surface area (Å²) in [5.74, 6) is 0.769. The standard InChI is InChI=1S/C19H17ClO2/c1-19(2,3)13-6-4-12(5-7-13)10-17-18(21)15-11-14(20)8-9-16(15)22-17/h4-11H,1-3H3/b17-10-. The number of carbonyl (C=O) groups is 1. The third-order valence-electron chi connectivity index (χ3n) is 3.70. The molecule has 2 aromatic rings. The summed E-state index contributed by atoms with van der Waals surface area (Å²) in [5, 5.41) is 0.534. The molecule has 0 N–H and O–H groups in total. The number of Topliss-reactive ketones (excluding diaryl/α,β-unsaturated/α-hetero) is 1. The summed E-state index contributed by atoms with van der Waals surface area (Å²) in [6.45, 7) is 6.51. The van der Waals surface area contributed by atoms with Crippen molar-refractivity contribution in [1.29, 1.82) is 0 Å². The van der Waals surface area contributed by atoms with E-state index in [9.17, 15) is 4.79 Å². The Hall–Kier alpha value is -2.06. The van der Waals surface area contributed by atoms with E-state index in [1.165, 1.54) is 5.56 Å². The first-order chi connectivity index (χ1) is 10.3. The number of ketones is 1. The van der Waals surface area contributed by atoms with Crippen molar-refractivity contribution in [2.45, 2.75) is 26.2 Å². The topological polar surface area (TPSA) is 26.3 Å². The fourth-order valence-corrected chi connectivity index (χ4v) is 2.56. The third kappa shape index (κ3) is 2.79. The minimum atomic E-state index is -0.127. The SMILES string of the molecule is CC(C)(C)c1ccc(/C=C2\Oc3ccc(Cl)cc3C2=O)cc1. The van der Waals surface area contributed by atoms with Gasteiger partial charge in [0.1, 0.15) is 5.75 Å². The molecule has 2 nitrogen and oxygen atoms in total. The number of hydrogen-bond donors (Lipinski definition) is 0. The van der Waals surface area contributed by atoms with E-state index in [1.54, 1.807) is 24.3 Å². The first-order valence-electron chi connectivity index (χ1n) is 7.19. The highest BCUT2D eigenvalue weighted by molar-refractivity contribution is 6.31. The Labute approximate surface area is 135 Å². The molecule has 1 aliphatic rings. The Kier molecular flexibility index (Phi) is 3.57. The van der Waals surface area contributed by atoms with Gasteiger partial charge in [-0.25, -0.2) is 0 Å². The molecule has 1 aliphatic heterocycles. The van der Waals surface area contributed by atoms with Gasteiger partial charge in [-0.05, 0) is 40.8 Å². The molecule has 0 amide bonds. The molecule has 0 aliphatic carbocycles. The summed E-state index contributed by atoms with van der Waals surface area (Å²) in [5.41, 5.74) is 2.82. The molecule has 0 spiro atoms. The predicted octanol–water partition coefficient (Wildman–Crippen LogP) is 5.25. The van der Waals surface area contributed by atoms with Crippen molar-refractivity contribution in [2.24, 2.45) is 0 Å². The first kappa shape index (κ1) is 14.9. The highest BCUT2D eigenvalue weighted by Gasteiger charge is 2.27. The largest absolute Gasteiger partial charge is 0.452 e. The van der Waals surface area contributed by atoms with Crippen LogP contribution < -0.4 is 4.74 Å². The smallest absolute Gasteiger partial charge is 0.232 e. The van der Waals surface area contributed by atoms with Gasteiger partial charge in [0.05, 0.1) is 5.56 Å². The van der Waals surface area contributed by atoms with Crippen LogP contribution in [-0.2, 0) is 5.41 Å².